The first-order valence-electron chi connectivity index (χ1n) is 6.85. The first-order chi connectivity index (χ1) is 7.83. The molecule has 0 aromatic carbocycles. The zero-order valence-corrected chi connectivity index (χ0v) is 12.1. The molecule has 3 heteroatoms. The molecule has 2 heterocycles. The van der Waals surface area contributed by atoms with Gasteiger partial charge in [0.2, 0.25) is 0 Å². The summed E-state index contributed by atoms with van der Waals surface area (Å²) in [6.07, 6.45) is 5.55. The van der Waals surface area contributed by atoms with Crippen LogP contribution in [0, 0.1) is 5.92 Å². The van der Waals surface area contributed by atoms with E-state index < -0.39 is 0 Å². The predicted octanol–water partition coefficient (Wildman–Crippen LogP) is 2.58. The molecule has 0 saturated carbocycles. The summed E-state index contributed by atoms with van der Waals surface area (Å²) in [6.45, 7) is 8.89. The lowest BCUT2D eigenvalue weighted by molar-refractivity contribution is 0.0933. The van der Waals surface area contributed by atoms with Crippen molar-refractivity contribution < 1.29 is 0 Å². The van der Waals surface area contributed by atoms with Gasteiger partial charge in [-0.3, -0.25) is 4.90 Å². The largest absolute Gasteiger partial charge is 0.300 e. The van der Waals surface area contributed by atoms with Crippen LogP contribution in [-0.4, -0.2) is 53.9 Å². The topological polar surface area (TPSA) is 6.48 Å². The Morgan fingerprint density at radius 2 is 2.19 bits per heavy atom. The molecule has 2 aliphatic heterocycles. The molecule has 0 spiro atoms. The van der Waals surface area contributed by atoms with Crippen molar-refractivity contribution in [2.24, 2.45) is 5.92 Å². The highest BCUT2D eigenvalue weighted by molar-refractivity contribution is 9.09. The van der Waals surface area contributed by atoms with E-state index in [0.717, 1.165) is 12.0 Å². The summed E-state index contributed by atoms with van der Waals surface area (Å²) < 4.78 is 0. The van der Waals surface area contributed by atoms with Crippen LogP contribution in [0.4, 0.5) is 0 Å². The van der Waals surface area contributed by atoms with E-state index in [9.17, 15) is 0 Å². The van der Waals surface area contributed by atoms with Crippen molar-refractivity contribution in [1.29, 1.82) is 0 Å². The number of piperazine rings is 1. The van der Waals surface area contributed by atoms with Crippen LogP contribution < -0.4 is 0 Å². The molecule has 2 saturated heterocycles. The quantitative estimate of drug-likeness (QED) is 0.718. The highest BCUT2D eigenvalue weighted by Gasteiger charge is 2.30. The number of nitrogens with zero attached hydrogens (tertiary/aromatic N) is 2. The molecule has 2 rings (SSSR count). The van der Waals surface area contributed by atoms with Crippen molar-refractivity contribution in [2.45, 2.75) is 38.6 Å². The van der Waals surface area contributed by atoms with Gasteiger partial charge in [0.1, 0.15) is 0 Å². The smallest absolute Gasteiger partial charge is 0.0224 e. The van der Waals surface area contributed by atoms with Crippen molar-refractivity contribution in [3.63, 3.8) is 0 Å². The van der Waals surface area contributed by atoms with Crippen molar-refractivity contribution >= 4 is 15.9 Å². The number of hydrogen-bond donors (Lipinski definition) is 0. The fourth-order valence-electron chi connectivity index (χ4n) is 3.21. The van der Waals surface area contributed by atoms with Gasteiger partial charge in [0.15, 0.2) is 0 Å². The highest BCUT2D eigenvalue weighted by Crippen LogP contribution is 2.22. The minimum absolute atomic E-state index is 0.859. The van der Waals surface area contributed by atoms with E-state index in [1.54, 1.807) is 0 Å². The molecule has 94 valence electrons. The molecule has 2 unspecified atom stereocenters. The fraction of sp³-hybridized carbons (Fsp3) is 1.00. The summed E-state index contributed by atoms with van der Waals surface area (Å²) in [7, 11) is 0. The minimum atomic E-state index is 0.859. The summed E-state index contributed by atoms with van der Waals surface area (Å²) in [5.41, 5.74) is 0. The average Bonchev–Trinajstić information content (AvgIpc) is 2.75. The highest BCUT2D eigenvalue weighted by atomic mass is 79.9. The summed E-state index contributed by atoms with van der Waals surface area (Å²) in [4.78, 5) is 5.40. The van der Waals surface area contributed by atoms with Gasteiger partial charge >= 0.3 is 0 Å². The number of rotatable bonds is 5. The predicted molar refractivity (Wildman–Crippen MR) is 73.2 cm³/mol. The van der Waals surface area contributed by atoms with Crippen LogP contribution in [0.2, 0.25) is 0 Å². The van der Waals surface area contributed by atoms with Crippen LogP contribution in [0.25, 0.3) is 0 Å². The summed E-state index contributed by atoms with van der Waals surface area (Å²) in [5, 5.41) is 1.17. The van der Waals surface area contributed by atoms with Crippen LogP contribution in [0.1, 0.15) is 32.6 Å². The van der Waals surface area contributed by atoms with Gasteiger partial charge < -0.3 is 4.90 Å². The lowest BCUT2D eigenvalue weighted by Gasteiger charge is -2.38. The van der Waals surface area contributed by atoms with Crippen LogP contribution in [0.3, 0.4) is 0 Å². The molecule has 2 nitrogen and oxygen atoms in total. The molecule has 2 aliphatic rings. The Morgan fingerprint density at radius 1 is 1.31 bits per heavy atom. The van der Waals surface area contributed by atoms with E-state index in [-0.39, 0.29) is 0 Å². The molecule has 16 heavy (non-hydrogen) atoms. The van der Waals surface area contributed by atoms with Gasteiger partial charge in [-0.15, -0.1) is 0 Å². The van der Waals surface area contributed by atoms with Gasteiger partial charge in [-0.2, -0.15) is 0 Å². The van der Waals surface area contributed by atoms with Crippen molar-refractivity contribution in [2.75, 3.05) is 38.1 Å². The second kappa shape index (κ2) is 6.36. The molecule has 0 aromatic rings. The number of halogens is 1. The summed E-state index contributed by atoms with van der Waals surface area (Å²) in [5.74, 6) is 0.859. The lowest BCUT2D eigenvalue weighted by Crippen LogP contribution is -2.51. The van der Waals surface area contributed by atoms with Gasteiger partial charge in [-0.05, 0) is 31.7 Å². The van der Waals surface area contributed by atoms with Crippen LogP contribution in [-0.2, 0) is 0 Å². The molecule has 0 bridgehead atoms. The molecule has 0 amide bonds. The maximum atomic E-state index is 3.66. The Kier molecular flexibility index (Phi) is 5.11. The Balaban J connectivity index is 1.77. The van der Waals surface area contributed by atoms with Gasteiger partial charge in [-0.1, -0.05) is 29.3 Å². The number of fused-ring (bicyclic) bond motifs is 1. The van der Waals surface area contributed by atoms with E-state index in [1.165, 1.54) is 63.7 Å². The lowest BCUT2D eigenvalue weighted by atomic mass is 10.0. The van der Waals surface area contributed by atoms with Crippen LogP contribution >= 0.6 is 15.9 Å². The molecule has 0 aromatic heterocycles. The zero-order chi connectivity index (χ0) is 11.4. The Morgan fingerprint density at radius 3 is 2.94 bits per heavy atom. The maximum Gasteiger partial charge on any atom is 0.0224 e. The second-order valence-electron chi connectivity index (χ2n) is 5.40. The third kappa shape index (κ3) is 3.21. The Hall–Kier alpha value is 0.400. The van der Waals surface area contributed by atoms with E-state index in [4.69, 9.17) is 0 Å². The fourth-order valence-corrected chi connectivity index (χ4v) is 3.74. The molecule has 0 aliphatic carbocycles. The second-order valence-corrected chi connectivity index (χ2v) is 6.05. The first-order valence-corrected chi connectivity index (χ1v) is 7.98. The third-order valence-electron chi connectivity index (χ3n) is 4.10. The van der Waals surface area contributed by atoms with Gasteiger partial charge in [0.05, 0.1) is 0 Å². The Bertz CT molecular complexity index is 210. The van der Waals surface area contributed by atoms with E-state index in [1.807, 2.05) is 0 Å². The van der Waals surface area contributed by atoms with Crippen molar-refractivity contribution in [1.82, 2.24) is 9.80 Å². The van der Waals surface area contributed by atoms with E-state index in [2.05, 4.69) is 32.7 Å². The number of alkyl halides is 1. The zero-order valence-electron chi connectivity index (χ0n) is 10.5. The van der Waals surface area contributed by atoms with Crippen LogP contribution in [0.5, 0.6) is 0 Å². The van der Waals surface area contributed by atoms with Gasteiger partial charge in [0.25, 0.3) is 0 Å². The Labute approximate surface area is 108 Å². The normalized spacial score (nSPS) is 29.2. The standard InChI is InChI=1S/C13H25BrN2/c1-2-4-12(9-14)10-15-7-8-16-6-3-5-13(16)11-15/h12-13H,2-11H2,1H3. The molecule has 2 atom stereocenters. The minimum Gasteiger partial charge on any atom is -0.300 e. The monoisotopic (exact) mass is 288 g/mol. The summed E-state index contributed by atoms with van der Waals surface area (Å²) in [6, 6.07) is 0.881. The molecule has 2 fully saturated rings. The van der Waals surface area contributed by atoms with E-state index in [0.29, 0.717) is 0 Å². The van der Waals surface area contributed by atoms with Gasteiger partial charge in [0, 0.05) is 37.6 Å². The van der Waals surface area contributed by atoms with Crippen molar-refractivity contribution in [3.05, 3.63) is 0 Å². The molecular weight excluding hydrogens is 264 g/mol. The maximum absolute atomic E-state index is 3.66. The molecule has 0 N–H and O–H groups in total. The SMILES string of the molecule is CCCC(CBr)CN1CCN2CCCC2C1. The van der Waals surface area contributed by atoms with Crippen molar-refractivity contribution in [3.8, 4) is 0 Å². The summed E-state index contributed by atoms with van der Waals surface area (Å²) >= 11 is 3.66. The average molecular weight is 289 g/mol. The first kappa shape index (κ1) is 12.8. The number of hydrogen-bond acceptors (Lipinski definition) is 2. The molecular formula is C13H25BrN2. The van der Waals surface area contributed by atoms with Gasteiger partial charge in [-0.25, -0.2) is 0 Å². The van der Waals surface area contributed by atoms with Crippen LogP contribution in [0.15, 0.2) is 0 Å². The molecule has 0 radical (unpaired) electrons. The third-order valence-corrected chi connectivity index (χ3v) is 5.02. The van der Waals surface area contributed by atoms with E-state index >= 15 is 0 Å².